The molecular weight excluding hydrogens is 296 g/mol. The van der Waals surface area contributed by atoms with Crippen molar-refractivity contribution in [3.05, 3.63) is 82.3 Å². The van der Waals surface area contributed by atoms with Gasteiger partial charge in [0.25, 0.3) is 12.1 Å². The second kappa shape index (κ2) is 6.52. The fraction of sp³-hybridized carbons (Fsp3) is 0. The highest BCUT2D eigenvalue weighted by atomic mass is 16.5. The van der Waals surface area contributed by atoms with Crippen LogP contribution in [0.4, 0.5) is 0 Å². The van der Waals surface area contributed by atoms with Crippen molar-refractivity contribution in [3.63, 3.8) is 0 Å². The zero-order valence-corrected chi connectivity index (χ0v) is 12.0. The van der Waals surface area contributed by atoms with Gasteiger partial charge in [-0.3, -0.25) is 9.32 Å². The first kappa shape index (κ1) is 14.5. The zero-order valence-electron chi connectivity index (χ0n) is 12.0. The summed E-state index contributed by atoms with van der Waals surface area (Å²) in [5.74, 6) is -0.356. The molecular formula is C16H13N4O3+. The number of H-pyrrole nitrogens is 1. The molecule has 0 saturated heterocycles. The van der Waals surface area contributed by atoms with Crippen LogP contribution < -0.4 is 15.7 Å². The van der Waals surface area contributed by atoms with Crippen LogP contribution in [0.5, 0.6) is 0 Å². The number of amides is 1. The molecule has 23 heavy (non-hydrogen) atoms. The third kappa shape index (κ3) is 3.59. The molecule has 0 saturated carbocycles. The summed E-state index contributed by atoms with van der Waals surface area (Å²) >= 11 is 0. The average Bonchev–Trinajstić information content (AvgIpc) is 3.02. The molecule has 0 aliphatic heterocycles. The van der Waals surface area contributed by atoms with Crippen molar-refractivity contribution in [1.82, 2.24) is 10.7 Å². The minimum atomic E-state index is -0.507. The van der Waals surface area contributed by atoms with Crippen LogP contribution in [0.25, 0.3) is 5.69 Å². The van der Waals surface area contributed by atoms with Crippen molar-refractivity contribution in [2.75, 3.05) is 0 Å². The fourth-order valence-corrected chi connectivity index (χ4v) is 1.95. The molecule has 0 bridgehead atoms. The number of aromatic amines is 1. The van der Waals surface area contributed by atoms with E-state index in [2.05, 4.69) is 20.3 Å². The Hall–Kier alpha value is -3.48. The topological polar surface area (TPSA) is 91.3 Å². The Labute approximate surface area is 130 Å². The van der Waals surface area contributed by atoms with E-state index in [9.17, 15) is 9.59 Å². The van der Waals surface area contributed by atoms with E-state index in [4.69, 9.17) is 0 Å². The van der Waals surface area contributed by atoms with Crippen molar-refractivity contribution in [2.24, 2.45) is 5.10 Å². The first-order valence-corrected chi connectivity index (χ1v) is 6.81. The number of nitrogens with one attached hydrogen (secondary N) is 2. The number of aromatic nitrogens is 2. The van der Waals surface area contributed by atoms with Crippen LogP contribution in [0, 0.1) is 0 Å². The van der Waals surface area contributed by atoms with Gasteiger partial charge in [-0.1, -0.05) is 36.4 Å². The molecule has 0 fully saturated rings. The van der Waals surface area contributed by atoms with Gasteiger partial charge in [-0.2, -0.15) is 5.10 Å². The molecule has 0 radical (unpaired) electrons. The van der Waals surface area contributed by atoms with Crippen molar-refractivity contribution in [3.8, 4) is 5.69 Å². The van der Waals surface area contributed by atoms with E-state index in [1.54, 1.807) is 30.5 Å². The molecule has 1 heterocycles. The number of hydrogen-bond acceptors (Lipinski definition) is 4. The highest BCUT2D eigenvalue weighted by Crippen LogP contribution is 2.04. The number of rotatable bonds is 4. The van der Waals surface area contributed by atoms with Gasteiger partial charge in [0.05, 0.1) is 6.21 Å². The number of benzene rings is 2. The minimum absolute atomic E-state index is 0.356. The van der Waals surface area contributed by atoms with Gasteiger partial charge in [-0.05, 0) is 21.6 Å². The second-order valence-electron chi connectivity index (χ2n) is 4.67. The van der Waals surface area contributed by atoms with Crippen LogP contribution in [0.2, 0.25) is 0 Å². The third-order valence-corrected chi connectivity index (χ3v) is 3.04. The molecule has 0 aliphatic carbocycles. The van der Waals surface area contributed by atoms with Gasteiger partial charge in [-0.25, -0.2) is 10.2 Å². The maximum Gasteiger partial charge on any atom is 0.427 e. The monoisotopic (exact) mass is 309 g/mol. The van der Waals surface area contributed by atoms with Crippen molar-refractivity contribution in [2.45, 2.75) is 0 Å². The number of carbonyl (C=O) groups excluding carboxylic acids is 1. The number of nitrogens with zero attached hydrogens (tertiary/aromatic N) is 2. The lowest BCUT2D eigenvalue weighted by atomic mass is 10.2. The molecule has 114 valence electrons. The summed E-state index contributed by atoms with van der Waals surface area (Å²) < 4.78 is 5.97. The Kier molecular flexibility index (Phi) is 4.10. The lowest BCUT2D eigenvalue weighted by Crippen LogP contribution is -2.32. The normalized spacial score (nSPS) is 10.8. The smallest absolute Gasteiger partial charge is 0.283 e. The predicted octanol–water partition coefficient (Wildman–Crippen LogP) is 1.01. The van der Waals surface area contributed by atoms with Crippen LogP contribution in [-0.2, 0) is 0 Å². The lowest BCUT2D eigenvalue weighted by Gasteiger charge is -1.99. The molecule has 0 aliphatic rings. The van der Waals surface area contributed by atoms with Crippen LogP contribution in [0.15, 0.2) is 75.2 Å². The Balaban J connectivity index is 1.73. The number of carbonyl (C=O) groups is 1. The van der Waals surface area contributed by atoms with Crippen molar-refractivity contribution < 1.29 is 14.0 Å². The number of hydrogen-bond donors (Lipinski definition) is 2. The van der Waals surface area contributed by atoms with Gasteiger partial charge in [0, 0.05) is 17.7 Å². The van der Waals surface area contributed by atoms with Gasteiger partial charge in [0.2, 0.25) is 5.69 Å². The summed E-state index contributed by atoms with van der Waals surface area (Å²) in [6, 6.07) is 16.1. The summed E-state index contributed by atoms with van der Waals surface area (Å²) in [5.41, 5.74) is 3.83. The Bertz CT molecular complexity index is 897. The van der Waals surface area contributed by atoms with Gasteiger partial charge in [0.1, 0.15) is 0 Å². The zero-order chi connectivity index (χ0) is 16.1. The van der Waals surface area contributed by atoms with Crippen LogP contribution >= 0.6 is 0 Å². The summed E-state index contributed by atoms with van der Waals surface area (Å²) in [7, 11) is 0. The maximum atomic E-state index is 12.1. The van der Waals surface area contributed by atoms with Gasteiger partial charge < -0.3 is 0 Å². The quantitative estimate of drug-likeness (QED) is 0.428. The molecule has 3 rings (SSSR count). The summed E-state index contributed by atoms with van der Waals surface area (Å²) in [4.78, 5) is 23.1. The molecule has 0 spiro atoms. The average molecular weight is 309 g/mol. The van der Waals surface area contributed by atoms with Crippen LogP contribution in [0.3, 0.4) is 0 Å². The molecule has 7 heteroatoms. The highest BCUT2D eigenvalue weighted by molar-refractivity contribution is 5.95. The van der Waals surface area contributed by atoms with Crippen LogP contribution in [-0.4, -0.2) is 17.4 Å². The van der Waals surface area contributed by atoms with Gasteiger partial charge >= 0.3 is 5.63 Å². The van der Waals surface area contributed by atoms with E-state index in [0.29, 0.717) is 11.3 Å². The van der Waals surface area contributed by atoms with E-state index in [0.717, 1.165) is 5.56 Å². The standard InChI is InChI=1S/C16H12N4O3/c21-15-11-20(19-23-15)14-8-4-7-13(9-14)16(22)18-17-10-12-5-2-1-3-6-12/h1-11H,(H-,18,19,21,22)/p+1/b17-10+. The molecule has 0 atom stereocenters. The Morgan fingerprint density at radius 2 is 2.00 bits per heavy atom. The summed E-state index contributed by atoms with van der Waals surface area (Å²) in [6.45, 7) is 0. The van der Waals surface area contributed by atoms with Gasteiger partial charge in [0.15, 0.2) is 0 Å². The molecule has 1 amide bonds. The first-order chi connectivity index (χ1) is 11.2. The lowest BCUT2D eigenvalue weighted by molar-refractivity contribution is -0.670. The molecule has 2 aromatic carbocycles. The molecule has 3 aromatic rings. The van der Waals surface area contributed by atoms with Crippen molar-refractivity contribution in [1.29, 1.82) is 0 Å². The molecule has 0 unspecified atom stereocenters. The fourth-order valence-electron chi connectivity index (χ4n) is 1.95. The summed E-state index contributed by atoms with van der Waals surface area (Å²) in [5, 5.41) is 6.34. The van der Waals surface area contributed by atoms with E-state index in [1.165, 1.54) is 10.9 Å². The largest absolute Gasteiger partial charge is 0.427 e. The maximum absolute atomic E-state index is 12.1. The van der Waals surface area contributed by atoms with E-state index >= 15 is 0 Å². The van der Waals surface area contributed by atoms with E-state index in [1.807, 2.05) is 30.3 Å². The first-order valence-electron chi connectivity index (χ1n) is 6.81. The highest BCUT2D eigenvalue weighted by Gasteiger charge is 2.13. The Morgan fingerprint density at radius 1 is 1.17 bits per heavy atom. The van der Waals surface area contributed by atoms with Gasteiger partial charge in [-0.15, -0.1) is 0 Å². The number of hydrazone groups is 1. The molecule has 1 aromatic heterocycles. The van der Waals surface area contributed by atoms with E-state index in [-0.39, 0.29) is 5.91 Å². The minimum Gasteiger partial charge on any atom is -0.283 e. The van der Waals surface area contributed by atoms with Crippen LogP contribution in [0.1, 0.15) is 15.9 Å². The summed E-state index contributed by atoms with van der Waals surface area (Å²) in [6.07, 6.45) is 2.80. The molecule has 7 nitrogen and oxygen atoms in total. The van der Waals surface area contributed by atoms with Crippen molar-refractivity contribution >= 4 is 12.1 Å². The Morgan fingerprint density at radius 3 is 2.74 bits per heavy atom. The second-order valence-corrected chi connectivity index (χ2v) is 4.67. The predicted molar refractivity (Wildman–Crippen MR) is 82.4 cm³/mol. The molecule has 2 N–H and O–H groups in total. The third-order valence-electron chi connectivity index (χ3n) is 3.04. The SMILES string of the molecule is O=C(N/N=C/c1ccccc1)c1cccc(-[n+]2cc(=O)o[nH]2)c1. The van der Waals surface area contributed by atoms with E-state index < -0.39 is 5.63 Å².